The minimum atomic E-state index is 0.125. The van der Waals surface area contributed by atoms with E-state index in [1.54, 1.807) is 0 Å². The third-order valence-electron chi connectivity index (χ3n) is 3.07. The molecule has 1 nitrogen and oxygen atoms in total. The summed E-state index contributed by atoms with van der Waals surface area (Å²) in [6.45, 7) is 7.27. The van der Waals surface area contributed by atoms with Crippen molar-refractivity contribution in [2.45, 2.75) is 39.0 Å². The van der Waals surface area contributed by atoms with E-state index >= 15 is 0 Å². The lowest BCUT2D eigenvalue weighted by molar-refractivity contribution is 0.529. The van der Waals surface area contributed by atoms with Gasteiger partial charge in [-0.15, -0.1) is 0 Å². The molecule has 0 amide bonds. The van der Waals surface area contributed by atoms with Gasteiger partial charge in [0.05, 0.1) is 0 Å². The van der Waals surface area contributed by atoms with Crippen LogP contribution in [0.25, 0.3) is 0 Å². The number of aryl methyl sites for hydroxylation is 1. The van der Waals surface area contributed by atoms with Crippen LogP contribution < -0.4 is 5.73 Å². The van der Waals surface area contributed by atoms with Gasteiger partial charge in [0.15, 0.2) is 0 Å². The van der Waals surface area contributed by atoms with Gasteiger partial charge in [0.1, 0.15) is 0 Å². The maximum absolute atomic E-state index is 5.55. The molecular weight excluding hydrogens is 194 g/mol. The molecule has 0 aliphatic heterocycles. The van der Waals surface area contributed by atoms with Crippen LogP contribution in [0.3, 0.4) is 0 Å². The number of rotatable bonds is 5. The van der Waals surface area contributed by atoms with Crippen molar-refractivity contribution in [3.05, 3.63) is 47.5 Å². The summed E-state index contributed by atoms with van der Waals surface area (Å²) in [5, 5.41) is 0. The molecule has 0 fully saturated rings. The van der Waals surface area contributed by atoms with E-state index in [0.29, 0.717) is 6.54 Å². The molecule has 0 saturated carbocycles. The van der Waals surface area contributed by atoms with E-state index < -0.39 is 0 Å². The third-order valence-corrected chi connectivity index (χ3v) is 3.07. The summed E-state index contributed by atoms with van der Waals surface area (Å²) in [5.41, 5.74) is 8.39. The van der Waals surface area contributed by atoms with Crippen LogP contribution in [-0.4, -0.2) is 6.54 Å². The molecular formula is C15H23N. The molecule has 16 heavy (non-hydrogen) atoms. The number of hydrogen-bond acceptors (Lipinski definition) is 1. The Morgan fingerprint density at radius 2 is 2.12 bits per heavy atom. The van der Waals surface area contributed by atoms with Crippen molar-refractivity contribution < 1.29 is 0 Å². The minimum Gasteiger partial charge on any atom is -0.327 e. The quantitative estimate of drug-likeness (QED) is 0.750. The second kappa shape index (κ2) is 5.86. The number of hydrogen-bond donors (Lipinski definition) is 1. The van der Waals surface area contributed by atoms with Crippen molar-refractivity contribution in [1.29, 1.82) is 0 Å². The molecule has 0 aliphatic carbocycles. The average molecular weight is 217 g/mol. The largest absolute Gasteiger partial charge is 0.327 e. The second-order valence-corrected chi connectivity index (χ2v) is 4.68. The zero-order valence-corrected chi connectivity index (χ0v) is 10.7. The first kappa shape index (κ1) is 13.0. The molecule has 0 aliphatic rings. The summed E-state index contributed by atoms with van der Waals surface area (Å²) in [6.07, 6.45) is 6.66. The highest BCUT2D eigenvalue weighted by molar-refractivity contribution is 5.33. The summed E-state index contributed by atoms with van der Waals surface area (Å²) in [4.78, 5) is 0. The van der Waals surface area contributed by atoms with E-state index in [1.165, 1.54) is 17.5 Å². The molecule has 0 aromatic heterocycles. The van der Waals surface area contributed by atoms with E-state index in [1.807, 2.05) is 0 Å². The molecule has 0 spiro atoms. The summed E-state index contributed by atoms with van der Waals surface area (Å²) < 4.78 is 0. The van der Waals surface area contributed by atoms with E-state index in [2.05, 4.69) is 57.2 Å². The SMILES string of the molecule is CCCC(C)(/C=C\CN)c1cccc(C)c1. The highest BCUT2D eigenvalue weighted by atomic mass is 14.5. The van der Waals surface area contributed by atoms with Crippen molar-refractivity contribution in [1.82, 2.24) is 0 Å². The van der Waals surface area contributed by atoms with Gasteiger partial charge >= 0.3 is 0 Å². The van der Waals surface area contributed by atoms with Crippen LogP contribution in [0.4, 0.5) is 0 Å². The smallest absolute Gasteiger partial charge is 0.0107 e. The fourth-order valence-corrected chi connectivity index (χ4v) is 2.17. The van der Waals surface area contributed by atoms with Crippen molar-refractivity contribution in [3.8, 4) is 0 Å². The highest BCUT2D eigenvalue weighted by Gasteiger charge is 2.21. The van der Waals surface area contributed by atoms with Crippen molar-refractivity contribution in [2.24, 2.45) is 5.73 Å². The minimum absolute atomic E-state index is 0.125. The molecule has 1 aromatic rings. The first-order chi connectivity index (χ1) is 7.62. The van der Waals surface area contributed by atoms with Crippen LogP contribution in [0.5, 0.6) is 0 Å². The Morgan fingerprint density at radius 1 is 1.38 bits per heavy atom. The molecule has 0 saturated heterocycles. The predicted molar refractivity (Wildman–Crippen MR) is 71.6 cm³/mol. The first-order valence-corrected chi connectivity index (χ1v) is 6.07. The van der Waals surface area contributed by atoms with E-state index in [0.717, 1.165) is 6.42 Å². The van der Waals surface area contributed by atoms with Crippen LogP contribution in [-0.2, 0) is 5.41 Å². The van der Waals surface area contributed by atoms with Gasteiger partial charge in [0, 0.05) is 12.0 Å². The maximum atomic E-state index is 5.55. The molecule has 0 bridgehead atoms. The third kappa shape index (κ3) is 3.21. The molecule has 2 N–H and O–H groups in total. The maximum Gasteiger partial charge on any atom is 0.0107 e. The van der Waals surface area contributed by atoms with Gasteiger partial charge in [-0.3, -0.25) is 0 Å². The van der Waals surface area contributed by atoms with Crippen LogP contribution in [0.1, 0.15) is 37.8 Å². The Balaban J connectivity index is 3.05. The zero-order valence-electron chi connectivity index (χ0n) is 10.7. The van der Waals surface area contributed by atoms with Crippen LogP contribution >= 0.6 is 0 Å². The van der Waals surface area contributed by atoms with Crippen LogP contribution in [0, 0.1) is 6.92 Å². The van der Waals surface area contributed by atoms with Gasteiger partial charge in [-0.05, 0) is 18.9 Å². The number of nitrogens with two attached hydrogens (primary N) is 1. The lowest BCUT2D eigenvalue weighted by atomic mass is 9.78. The Kier molecular flexibility index (Phi) is 4.75. The normalized spacial score (nSPS) is 15.2. The average Bonchev–Trinajstić information content (AvgIpc) is 2.27. The van der Waals surface area contributed by atoms with E-state index in [9.17, 15) is 0 Å². The van der Waals surface area contributed by atoms with Gasteiger partial charge < -0.3 is 5.73 Å². The van der Waals surface area contributed by atoms with Gasteiger partial charge in [0.25, 0.3) is 0 Å². The van der Waals surface area contributed by atoms with Gasteiger partial charge in [-0.25, -0.2) is 0 Å². The zero-order chi connectivity index (χ0) is 12.0. The molecule has 1 heteroatoms. The van der Waals surface area contributed by atoms with Crippen molar-refractivity contribution >= 4 is 0 Å². The lowest BCUT2D eigenvalue weighted by Gasteiger charge is -2.26. The molecule has 0 heterocycles. The summed E-state index contributed by atoms with van der Waals surface area (Å²) in [7, 11) is 0. The molecule has 1 rings (SSSR count). The predicted octanol–water partition coefficient (Wildman–Crippen LogP) is 3.57. The second-order valence-electron chi connectivity index (χ2n) is 4.68. The van der Waals surface area contributed by atoms with Gasteiger partial charge in [-0.2, -0.15) is 0 Å². The highest BCUT2D eigenvalue weighted by Crippen LogP contribution is 2.31. The Labute approximate surface area is 99.4 Å². The van der Waals surface area contributed by atoms with Crippen LogP contribution in [0.15, 0.2) is 36.4 Å². The van der Waals surface area contributed by atoms with Gasteiger partial charge in [-0.1, -0.05) is 62.2 Å². The Morgan fingerprint density at radius 3 is 2.69 bits per heavy atom. The lowest BCUT2D eigenvalue weighted by Crippen LogP contribution is -2.19. The molecule has 1 atom stereocenters. The standard InChI is InChI=1S/C15H23N/c1-4-9-15(3,10-6-11-16)14-8-5-7-13(2)12-14/h5-8,10,12H,4,9,11,16H2,1-3H3/b10-6-. The summed E-state index contributed by atoms with van der Waals surface area (Å²) in [5.74, 6) is 0. The number of allylic oxidation sites excluding steroid dienone is 1. The van der Waals surface area contributed by atoms with Gasteiger partial charge in [0.2, 0.25) is 0 Å². The first-order valence-electron chi connectivity index (χ1n) is 6.07. The van der Waals surface area contributed by atoms with E-state index in [4.69, 9.17) is 5.73 Å². The van der Waals surface area contributed by atoms with E-state index in [-0.39, 0.29) is 5.41 Å². The summed E-state index contributed by atoms with van der Waals surface area (Å²) >= 11 is 0. The summed E-state index contributed by atoms with van der Waals surface area (Å²) in [6, 6.07) is 8.76. The van der Waals surface area contributed by atoms with Crippen LogP contribution in [0.2, 0.25) is 0 Å². The molecule has 88 valence electrons. The molecule has 0 radical (unpaired) electrons. The monoisotopic (exact) mass is 217 g/mol. The fourth-order valence-electron chi connectivity index (χ4n) is 2.17. The number of benzene rings is 1. The Bertz CT molecular complexity index is 354. The van der Waals surface area contributed by atoms with Crippen molar-refractivity contribution in [3.63, 3.8) is 0 Å². The molecule has 1 unspecified atom stereocenters. The molecule has 1 aromatic carbocycles. The fraction of sp³-hybridized carbons (Fsp3) is 0.467. The van der Waals surface area contributed by atoms with Crippen molar-refractivity contribution in [2.75, 3.05) is 6.54 Å². The topological polar surface area (TPSA) is 26.0 Å². The Hall–Kier alpha value is -1.08.